The zero-order valence-corrected chi connectivity index (χ0v) is 11.3. The molecule has 0 saturated carbocycles. The van der Waals surface area contributed by atoms with Crippen LogP contribution in [0, 0.1) is 15.9 Å². The van der Waals surface area contributed by atoms with Gasteiger partial charge in [0.1, 0.15) is 12.4 Å². The van der Waals surface area contributed by atoms with Crippen molar-refractivity contribution in [2.24, 2.45) is 0 Å². The summed E-state index contributed by atoms with van der Waals surface area (Å²) in [5, 5.41) is 20.0. The average Bonchev–Trinajstić information content (AvgIpc) is 2.46. The zero-order valence-electron chi connectivity index (χ0n) is 11.3. The molecule has 1 N–H and O–H groups in total. The number of rotatable bonds is 5. The highest BCUT2D eigenvalue weighted by Crippen LogP contribution is 2.22. The highest BCUT2D eigenvalue weighted by atomic mass is 19.1. The van der Waals surface area contributed by atoms with Crippen LogP contribution >= 0.6 is 0 Å². The van der Waals surface area contributed by atoms with Crippen LogP contribution < -0.4 is 4.74 Å². The first-order valence-corrected chi connectivity index (χ1v) is 6.31. The third kappa shape index (κ3) is 3.55. The summed E-state index contributed by atoms with van der Waals surface area (Å²) in [6, 6.07) is 10.7. The second-order valence-corrected chi connectivity index (χ2v) is 4.54. The number of aliphatic hydroxyl groups excluding tert-OH is 1. The van der Waals surface area contributed by atoms with Gasteiger partial charge < -0.3 is 9.84 Å². The number of halogens is 1. The molecule has 0 aliphatic carbocycles. The average molecular weight is 291 g/mol. The Hall–Kier alpha value is -2.47. The summed E-state index contributed by atoms with van der Waals surface area (Å²) >= 11 is 0. The molecule has 0 fully saturated rings. The summed E-state index contributed by atoms with van der Waals surface area (Å²) in [5.41, 5.74) is 0.285. The maximum atomic E-state index is 13.8. The molecule has 0 bridgehead atoms. The van der Waals surface area contributed by atoms with E-state index in [1.807, 2.05) is 0 Å². The van der Waals surface area contributed by atoms with E-state index >= 15 is 0 Å². The van der Waals surface area contributed by atoms with Crippen LogP contribution in [0.15, 0.2) is 42.5 Å². The summed E-state index contributed by atoms with van der Waals surface area (Å²) in [4.78, 5) is 9.88. The van der Waals surface area contributed by atoms with Gasteiger partial charge in [-0.2, -0.15) is 4.39 Å². The number of nitro benzene ring substituents is 1. The first kappa shape index (κ1) is 14.9. The monoisotopic (exact) mass is 291 g/mol. The molecule has 2 rings (SSSR count). The van der Waals surface area contributed by atoms with Crippen molar-refractivity contribution in [2.75, 3.05) is 0 Å². The second-order valence-electron chi connectivity index (χ2n) is 4.54. The van der Waals surface area contributed by atoms with Crippen molar-refractivity contribution in [3.05, 3.63) is 69.5 Å². The number of ether oxygens (including phenoxy) is 1. The molecule has 2 aromatic carbocycles. The molecule has 0 aliphatic heterocycles. The van der Waals surface area contributed by atoms with E-state index in [2.05, 4.69) is 0 Å². The Bertz CT molecular complexity index is 641. The largest absolute Gasteiger partial charge is 0.489 e. The quantitative estimate of drug-likeness (QED) is 0.677. The van der Waals surface area contributed by atoms with Gasteiger partial charge >= 0.3 is 5.69 Å². The fraction of sp³-hybridized carbons (Fsp3) is 0.200. The lowest BCUT2D eigenvalue weighted by molar-refractivity contribution is -0.387. The first-order chi connectivity index (χ1) is 9.99. The highest BCUT2D eigenvalue weighted by Gasteiger charge is 2.17. The van der Waals surface area contributed by atoms with Crippen LogP contribution in [0.3, 0.4) is 0 Å². The number of aliphatic hydroxyl groups is 1. The van der Waals surface area contributed by atoms with Crippen molar-refractivity contribution in [3.63, 3.8) is 0 Å². The van der Waals surface area contributed by atoms with Crippen LogP contribution in [0.1, 0.15) is 24.2 Å². The molecule has 2 aromatic rings. The van der Waals surface area contributed by atoms with Crippen molar-refractivity contribution in [1.82, 2.24) is 0 Å². The molecule has 21 heavy (non-hydrogen) atoms. The number of hydrogen-bond acceptors (Lipinski definition) is 4. The van der Waals surface area contributed by atoms with Gasteiger partial charge in [-0.1, -0.05) is 24.3 Å². The van der Waals surface area contributed by atoms with Crippen LogP contribution in [-0.4, -0.2) is 10.0 Å². The summed E-state index contributed by atoms with van der Waals surface area (Å²) < 4.78 is 19.2. The first-order valence-electron chi connectivity index (χ1n) is 6.31. The minimum atomic E-state index is -0.886. The number of nitro groups is 1. The molecule has 0 unspecified atom stereocenters. The molecule has 0 heterocycles. The fourth-order valence-electron chi connectivity index (χ4n) is 1.82. The molecule has 0 aliphatic rings. The Morgan fingerprint density at radius 1 is 1.29 bits per heavy atom. The van der Waals surface area contributed by atoms with Crippen molar-refractivity contribution in [1.29, 1.82) is 0 Å². The molecule has 0 saturated heterocycles. The SMILES string of the molecule is C[C@@H](O)c1ccc(OCc2cccc([N+](=O)[O-])c2F)cc1. The van der Waals surface area contributed by atoms with E-state index in [-0.39, 0.29) is 12.2 Å². The Kier molecular flexibility index (Phi) is 4.49. The van der Waals surface area contributed by atoms with Gasteiger partial charge in [0.2, 0.25) is 5.82 Å². The Morgan fingerprint density at radius 3 is 2.52 bits per heavy atom. The molecular formula is C15H14FNO4. The summed E-state index contributed by atoms with van der Waals surface area (Å²) in [5.74, 6) is -0.395. The lowest BCUT2D eigenvalue weighted by Crippen LogP contribution is -2.02. The Labute approximate surface area is 120 Å². The van der Waals surface area contributed by atoms with Gasteiger partial charge in [0.25, 0.3) is 0 Å². The van der Waals surface area contributed by atoms with Crippen LogP contribution in [-0.2, 0) is 6.61 Å². The number of hydrogen-bond donors (Lipinski definition) is 1. The van der Waals surface area contributed by atoms with E-state index in [9.17, 15) is 19.6 Å². The lowest BCUT2D eigenvalue weighted by Gasteiger charge is -2.09. The molecular weight excluding hydrogens is 277 g/mol. The number of benzene rings is 2. The Balaban J connectivity index is 2.09. The smallest absolute Gasteiger partial charge is 0.305 e. The van der Waals surface area contributed by atoms with E-state index in [1.165, 1.54) is 12.1 Å². The summed E-state index contributed by atoms with van der Waals surface area (Å²) in [6.45, 7) is 1.54. The molecule has 0 aromatic heterocycles. The van der Waals surface area contributed by atoms with Gasteiger partial charge in [0.15, 0.2) is 0 Å². The van der Waals surface area contributed by atoms with E-state index in [0.29, 0.717) is 5.75 Å². The van der Waals surface area contributed by atoms with E-state index in [0.717, 1.165) is 11.6 Å². The molecule has 6 heteroatoms. The van der Waals surface area contributed by atoms with Gasteiger partial charge in [0.05, 0.1) is 11.0 Å². The van der Waals surface area contributed by atoms with Gasteiger partial charge in [-0.15, -0.1) is 0 Å². The molecule has 0 spiro atoms. The van der Waals surface area contributed by atoms with Crippen LogP contribution in [0.2, 0.25) is 0 Å². The van der Waals surface area contributed by atoms with Crippen molar-refractivity contribution in [2.45, 2.75) is 19.6 Å². The predicted octanol–water partition coefficient (Wildman–Crippen LogP) is 3.37. The fourth-order valence-corrected chi connectivity index (χ4v) is 1.82. The zero-order chi connectivity index (χ0) is 15.4. The van der Waals surface area contributed by atoms with Crippen molar-refractivity contribution in [3.8, 4) is 5.75 Å². The summed E-state index contributed by atoms with van der Waals surface area (Å²) in [6.07, 6.45) is -0.576. The molecule has 0 amide bonds. The van der Waals surface area contributed by atoms with E-state index in [4.69, 9.17) is 4.74 Å². The van der Waals surface area contributed by atoms with Crippen LogP contribution in [0.4, 0.5) is 10.1 Å². The van der Waals surface area contributed by atoms with Crippen molar-refractivity contribution < 1.29 is 19.2 Å². The van der Waals surface area contributed by atoms with Gasteiger partial charge in [-0.05, 0) is 24.6 Å². The third-order valence-electron chi connectivity index (χ3n) is 3.01. The molecule has 5 nitrogen and oxygen atoms in total. The third-order valence-corrected chi connectivity index (χ3v) is 3.01. The van der Waals surface area contributed by atoms with Gasteiger partial charge in [-0.25, -0.2) is 0 Å². The highest BCUT2D eigenvalue weighted by molar-refractivity contribution is 5.37. The normalized spacial score (nSPS) is 12.0. The second kappa shape index (κ2) is 6.32. The van der Waals surface area contributed by atoms with E-state index in [1.54, 1.807) is 31.2 Å². The Morgan fingerprint density at radius 2 is 1.95 bits per heavy atom. The molecule has 1 atom stereocenters. The topological polar surface area (TPSA) is 72.6 Å². The van der Waals surface area contributed by atoms with Crippen LogP contribution in [0.5, 0.6) is 5.75 Å². The summed E-state index contributed by atoms with van der Waals surface area (Å²) in [7, 11) is 0. The maximum absolute atomic E-state index is 13.8. The predicted molar refractivity (Wildman–Crippen MR) is 74.5 cm³/mol. The van der Waals surface area contributed by atoms with Crippen molar-refractivity contribution >= 4 is 5.69 Å². The maximum Gasteiger partial charge on any atom is 0.305 e. The number of nitrogens with zero attached hydrogens (tertiary/aromatic N) is 1. The lowest BCUT2D eigenvalue weighted by atomic mass is 10.1. The minimum absolute atomic E-state index is 0.110. The van der Waals surface area contributed by atoms with Crippen LogP contribution in [0.25, 0.3) is 0 Å². The van der Waals surface area contributed by atoms with Gasteiger partial charge in [-0.3, -0.25) is 10.1 Å². The minimum Gasteiger partial charge on any atom is -0.489 e. The van der Waals surface area contributed by atoms with Gasteiger partial charge in [0, 0.05) is 11.6 Å². The van der Waals surface area contributed by atoms with E-state index < -0.39 is 22.5 Å². The standard InChI is InChI=1S/C15H14FNO4/c1-10(18)11-5-7-13(8-6-11)21-9-12-3-2-4-14(15(12)16)17(19)20/h2-8,10,18H,9H2,1H3/t10-/m1/s1. The molecule has 110 valence electrons. The molecule has 0 radical (unpaired) electrons.